The molecule has 9 heteroatoms. The molecule has 0 aliphatic carbocycles. The number of aromatic nitrogens is 2. The zero-order valence-corrected chi connectivity index (χ0v) is 16.1. The van der Waals surface area contributed by atoms with Crippen LogP contribution in [0.3, 0.4) is 0 Å². The predicted molar refractivity (Wildman–Crippen MR) is 105 cm³/mol. The maximum Gasteiger partial charge on any atom is 0.573 e. The van der Waals surface area contributed by atoms with Crippen molar-refractivity contribution in [1.82, 2.24) is 9.78 Å². The molecule has 0 saturated carbocycles. The van der Waals surface area contributed by atoms with Gasteiger partial charge in [-0.1, -0.05) is 42.0 Å². The van der Waals surface area contributed by atoms with Gasteiger partial charge in [0.05, 0.1) is 11.4 Å². The highest BCUT2D eigenvalue weighted by Gasteiger charge is 2.32. The summed E-state index contributed by atoms with van der Waals surface area (Å²) in [6.07, 6.45) is -4.91. The van der Waals surface area contributed by atoms with Crippen molar-refractivity contribution in [3.8, 4) is 17.0 Å². The Morgan fingerprint density at radius 1 is 1.07 bits per heavy atom. The summed E-state index contributed by atoms with van der Waals surface area (Å²) >= 11 is 0. The number of benzene rings is 2. The Hall–Kier alpha value is -3.62. The van der Waals surface area contributed by atoms with Crippen LogP contribution in [0.15, 0.2) is 65.5 Å². The van der Waals surface area contributed by atoms with Crippen molar-refractivity contribution in [3.05, 3.63) is 76.6 Å². The first-order valence-electron chi connectivity index (χ1n) is 8.96. The fraction of sp³-hybridized carbons (Fsp3) is 0.190. The molecule has 156 valence electrons. The first kappa shape index (κ1) is 21.1. The van der Waals surface area contributed by atoms with Gasteiger partial charge in [-0.05, 0) is 32.0 Å². The van der Waals surface area contributed by atoms with Crippen LogP contribution in [-0.2, 0) is 4.79 Å². The number of hydrogen-bond acceptors (Lipinski definition) is 4. The minimum absolute atomic E-state index is 0.172. The number of nitrogens with one attached hydrogen (secondary N) is 1. The van der Waals surface area contributed by atoms with Crippen molar-refractivity contribution in [2.24, 2.45) is 0 Å². The molecule has 0 bridgehead atoms. The lowest BCUT2D eigenvalue weighted by atomic mass is 10.1. The lowest BCUT2D eigenvalue weighted by molar-refractivity contribution is -0.274. The van der Waals surface area contributed by atoms with Gasteiger partial charge in [0, 0.05) is 11.6 Å². The van der Waals surface area contributed by atoms with E-state index in [2.05, 4.69) is 15.2 Å². The van der Waals surface area contributed by atoms with Crippen LogP contribution >= 0.6 is 0 Å². The van der Waals surface area contributed by atoms with Crippen LogP contribution in [0.4, 0.5) is 18.9 Å². The van der Waals surface area contributed by atoms with Crippen molar-refractivity contribution < 1.29 is 22.7 Å². The molecule has 0 unspecified atom stereocenters. The van der Waals surface area contributed by atoms with Gasteiger partial charge in [-0.2, -0.15) is 5.10 Å². The second kappa shape index (κ2) is 8.40. The van der Waals surface area contributed by atoms with Crippen molar-refractivity contribution >= 4 is 11.6 Å². The summed E-state index contributed by atoms with van der Waals surface area (Å²) < 4.78 is 42.6. The van der Waals surface area contributed by atoms with Crippen LogP contribution in [-0.4, -0.2) is 22.1 Å². The van der Waals surface area contributed by atoms with Gasteiger partial charge in [0.1, 0.15) is 6.04 Å². The minimum Gasteiger partial charge on any atom is -0.404 e. The van der Waals surface area contributed by atoms with Crippen molar-refractivity contribution in [3.63, 3.8) is 0 Å². The number of carbonyl (C=O) groups excluding carboxylic acids is 1. The molecule has 0 spiro atoms. The number of amides is 1. The van der Waals surface area contributed by atoms with E-state index in [-0.39, 0.29) is 5.69 Å². The molecule has 0 aliphatic heterocycles. The van der Waals surface area contributed by atoms with Gasteiger partial charge in [-0.15, -0.1) is 13.2 Å². The molecule has 0 fully saturated rings. The molecule has 1 aromatic heterocycles. The number of anilines is 1. The van der Waals surface area contributed by atoms with E-state index >= 15 is 0 Å². The maximum atomic E-state index is 12.6. The van der Waals surface area contributed by atoms with Gasteiger partial charge in [0.15, 0.2) is 5.75 Å². The second-order valence-electron chi connectivity index (χ2n) is 6.58. The number of alkyl halides is 3. The third-order valence-corrected chi connectivity index (χ3v) is 4.29. The minimum atomic E-state index is -4.91. The largest absolute Gasteiger partial charge is 0.573 e. The van der Waals surface area contributed by atoms with Gasteiger partial charge < -0.3 is 10.1 Å². The van der Waals surface area contributed by atoms with Crippen LogP contribution in [0.25, 0.3) is 11.3 Å². The lowest BCUT2D eigenvalue weighted by Gasteiger charge is -2.17. The van der Waals surface area contributed by atoms with E-state index in [1.54, 1.807) is 6.07 Å². The molecule has 0 saturated heterocycles. The zero-order valence-electron chi connectivity index (χ0n) is 16.1. The molecule has 0 radical (unpaired) electrons. The van der Waals surface area contributed by atoms with Gasteiger partial charge in [-0.25, -0.2) is 4.68 Å². The summed E-state index contributed by atoms with van der Waals surface area (Å²) in [6, 6.07) is 14.3. The Balaban J connectivity index is 1.86. The SMILES string of the molecule is Cc1ccc(-c2ccc(=O)n([C@@H](C)C(=O)Nc3ccccc3OC(F)(F)F)n2)cc1. The normalized spacial score (nSPS) is 12.3. The summed E-state index contributed by atoms with van der Waals surface area (Å²) in [7, 11) is 0. The van der Waals surface area contributed by atoms with Crippen LogP contribution < -0.4 is 15.6 Å². The molecule has 1 heterocycles. The van der Waals surface area contributed by atoms with E-state index in [0.717, 1.165) is 21.9 Å². The Labute approximate surface area is 169 Å². The molecule has 1 N–H and O–H groups in total. The average Bonchev–Trinajstić information content (AvgIpc) is 2.69. The fourth-order valence-electron chi connectivity index (χ4n) is 2.71. The van der Waals surface area contributed by atoms with Crippen LogP contribution in [0.5, 0.6) is 5.75 Å². The van der Waals surface area contributed by atoms with Gasteiger partial charge >= 0.3 is 6.36 Å². The van der Waals surface area contributed by atoms with E-state index in [1.807, 2.05) is 31.2 Å². The third kappa shape index (κ3) is 5.05. The van der Waals surface area contributed by atoms with Crippen molar-refractivity contribution in [1.29, 1.82) is 0 Å². The summed E-state index contributed by atoms with van der Waals surface area (Å²) in [5.41, 5.74) is 1.60. The number of nitrogens with zero attached hydrogens (tertiary/aromatic N) is 2. The molecule has 3 aromatic rings. The molecule has 30 heavy (non-hydrogen) atoms. The van der Waals surface area contributed by atoms with Crippen LogP contribution in [0.2, 0.25) is 0 Å². The fourth-order valence-corrected chi connectivity index (χ4v) is 2.71. The molecular weight excluding hydrogens is 399 g/mol. The predicted octanol–water partition coefficient (Wildman–Crippen LogP) is 4.32. The summed E-state index contributed by atoms with van der Waals surface area (Å²) in [6.45, 7) is 3.36. The molecule has 6 nitrogen and oxygen atoms in total. The number of rotatable bonds is 5. The number of carbonyl (C=O) groups is 1. The Kier molecular flexibility index (Phi) is 5.91. The van der Waals surface area contributed by atoms with Crippen LogP contribution in [0.1, 0.15) is 18.5 Å². The van der Waals surface area contributed by atoms with E-state index in [0.29, 0.717) is 5.69 Å². The van der Waals surface area contributed by atoms with E-state index in [1.165, 1.54) is 31.2 Å². The Bertz CT molecular complexity index is 1110. The zero-order chi connectivity index (χ0) is 21.9. The van der Waals surface area contributed by atoms with E-state index in [4.69, 9.17) is 0 Å². The van der Waals surface area contributed by atoms with Crippen LogP contribution in [0, 0.1) is 6.92 Å². The van der Waals surface area contributed by atoms with Gasteiger partial charge in [-0.3, -0.25) is 9.59 Å². The lowest BCUT2D eigenvalue weighted by Crippen LogP contribution is -2.33. The Morgan fingerprint density at radius 2 is 1.73 bits per heavy atom. The topological polar surface area (TPSA) is 73.2 Å². The first-order valence-corrected chi connectivity index (χ1v) is 8.96. The molecule has 1 atom stereocenters. The van der Waals surface area contributed by atoms with E-state index in [9.17, 15) is 22.8 Å². The number of hydrogen-bond donors (Lipinski definition) is 1. The highest BCUT2D eigenvalue weighted by atomic mass is 19.4. The highest BCUT2D eigenvalue weighted by molar-refractivity contribution is 5.94. The first-order chi connectivity index (χ1) is 14.1. The standard InChI is InChI=1S/C21H18F3N3O3/c1-13-7-9-15(10-8-13)16-11-12-19(28)27(26-16)14(2)20(29)25-17-5-3-4-6-18(17)30-21(22,23)24/h3-12,14H,1-2H3,(H,25,29)/t14-/m0/s1. The quantitative estimate of drug-likeness (QED) is 0.671. The molecule has 3 rings (SSSR count). The third-order valence-electron chi connectivity index (χ3n) is 4.29. The van der Waals surface area contributed by atoms with Gasteiger partial charge in [0.2, 0.25) is 5.91 Å². The maximum absolute atomic E-state index is 12.6. The molecule has 0 aliphatic rings. The van der Waals surface area contributed by atoms with E-state index < -0.39 is 29.6 Å². The summed E-state index contributed by atoms with van der Waals surface area (Å²) in [5.74, 6) is -1.27. The molecule has 1 amide bonds. The van der Waals surface area contributed by atoms with Crippen molar-refractivity contribution in [2.45, 2.75) is 26.3 Å². The molecule has 2 aromatic carbocycles. The monoisotopic (exact) mass is 417 g/mol. The number of para-hydroxylation sites is 2. The highest BCUT2D eigenvalue weighted by Crippen LogP contribution is 2.30. The number of ether oxygens (including phenoxy) is 1. The Morgan fingerprint density at radius 3 is 2.40 bits per heavy atom. The number of aryl methyl sites for hydroxylation is 1. The van der Waals surface area contributed by atoms with Crippen molar-refractivity contribution in [2.75, 3.05) is 5.32 Å². The molecular formula is C21H18F3N3O3. The second-order valence-corrected chi connectivity index (χ2v) is 6.58. The summed E-state index contributed by atoms with van der Waals surface area (Å²) in [5, 5.41) is 6.61. The smallest absolute Gasteiger partial charge is 0.404 e. The average molecular weight is 417 g/mol. The summed E-state index contributed by atoms with van der Waals surface area (Å²) in [4.78, 5) is 24.9. The van der Waals surface area contributed by atoms with Gasteiger partial charge in [0.25, 0.3) is 5.56 Å². The number of halogens is 3.